The molecule has 0 aliphatic carbocycles. The van der Waals surface area contributed by atoms with Gasteiger partial charge in [-0.3, -0.25) is 0 Å². The van der Waals surface area contributed by atoms with E-state index in [9.17, 15) is 4.79 Å². The van der Waals surface area contributed by atoms with Gasteiger partial charge in [-0.05, 0) is 6.42 Å². The summed E-state index contributed by atoms with van der Waals surface area (Å²) in [5.41, 5.74) is -0.0214. The molecule has 1 aliphatic heterocycles. The van der Waals surface area contributed by atoms with Crippen molar-refractivity contribution in [3.63, 3.8) is 0 Å². The van der Waals surface area contributed by atoms with E-state index >= 15 is 0 Å². The summed E-state index contributed by atoms with van der Waals surface area (Å²) < 4.78 is 6.70. The van der Waals surface area contributed by atoms with Gasteiger partial charge in [0.1, 0.15) is 0 Å². The fourth-order valence-corrected chi connectivity index (χ4v) is 1.28. The molecule has 0 amide bonds. The summed E-state index contributed by atoms with van der Waals surface area (Å²) in [5, 5.41) is 15.8. The van der Waals surface area contributed by atoms with Crippen LogP contribution in [0.2, 0.25) is 0 Å². The van der Waals surface area contributed by atoms with Crippen molar-refractivity contribution in [1.29, 1.82) is 0 Å². The highest BCUT2D eigenvalue weighted by Gasteiger charge is 2.20. The largest absolute Gasteiger partial charge is 0.476 e. The van der Waals surface area contributed by atoms with Crippen molar-refractivity contribution in [2.75, 3.05) is 13.2 Å². The van der Waals surface area contributed by atoms with E-state index in [2.05, 4.69) is 10.3 Å². The maximum atomic E-state index is 10.5. The molecule has 1 unspecified atom stereocenters. The van der Waals surface area contributed by atoms with Crippen LogP contribution in [0, 0.1) is 0 Å². The summed E-state index contributed by atoms with van der Waals surface area (Å²) in [6.07, 6.45) is 2.30. The minimum absolute atomic E-state index is 0.0214. The SMILES string of the molecule is O=C(O)c1cn(C2CCOC2)nn1. The molecule has 13 heavy (non-hydrogen) atoms. The summed E-state index contributed by atoms with van der Waals surface area (Å²) in [7, 11) is 0. The number of nitrogens with zero attached hydrogens (tertiary/aromatic N) is 3. The Kier molecular flexibility index (Phi) is 1.97. The molecule has 2 rings (SSSR count). The van der Waals surface area contributed by atoms with E-state index in [1.807, 2.05) is 0 Å². The number of aromatic carboxylic acids is 1. The highest BCUT2D eigenvalue weighted by atomic mass is 16.5. The third-order valence-corrected chi connectivity index (χ3v) is 2.01. The summed E-state index contributed by atoms with van der Waals surface area (Å²) in [4.78, 5) is 10.5. The van der Waals surface area contributed by atoms with E-state index in [1.54, 1.807) is 4.68 Å². The molecule has 0 saturated carbocycles. The molecule has 2 heterocycles. The third kappa shape index (κ3) is 1.52. The molecular formula is C7H9N3O3. The van der Waals surface area contributed by atoms with Crippen molar-refractivity contribution in [2.24, 2.45) is 0 Å². The highest BCUT2D eigenvalue weighted by molar-refractivity contribution is 5.84. The Morgan fingerprint density at radius 1 is 1.77 bits per heavy atom. The fourth-order valence-electron chi connectivity index (χ4n) is 1.28. The molecule has 1 atom stereocenters. The fraction of sp³-hybridized carbons (Fsp3) is 0.571. The lowest BCUT2D eigenvalue weighted by Crippen LogP contribution is -2.09. The lowest BCUT2D eigenvalue weighted by atomic mass is 10.3. The Bertz CT molecular complexity index is 317. The van der Waals surface area contributed by atoms with Crippen LogP contribution in [0.5, 0.6) is 0 Å². The second-order valence-corrected chi connectivity index (χ2v) is 2.91. The summed E-state index contributed by atoms with van der Waals surface area (Å²) in [6, 6.07) is 0.139. The first-order valence-corrected chi connectivity index (χ1v) is 4.00. The number of hydrogen-bond donors (Lipinski definition) is 1. The van der Waals surface area contributed by atoms with Gasteiger partial charge in [-0.15, -0.1) is 5.10 Å². The third-order valence-electron chi connectivity index (χ3n) is 2.01. The molecule has 1 fully saturated rings. The molecule has 0 bridgehead atoms. The van der Waals surface area contributed by atoms with Crippen LogP contribution in [0.25, 0.3) is 0 Å². The van der Waals surface area contributed by atoms with Gasteiger partial charge in [0.25, 0.3) is 0 Å². The molecule has 1 saturated heterocycles. The molecule has 0 aromatic carbocycles. The van der Waals surface area contributed by atoms with Crippen LogP contribution in [0.3, 0.4) is 0 Å². The number of carboxylic acid groups (broad SMARTS) is 1. The maximum absolute atomic E-state index is 10.5. The number of carbonyl (C=O) groups is 1. The van der Waals surface area contributed by atoms with Crippen LogP contribution in [0.1, 0.15) is 23.0 Å². The van der Waals surface area contributed by atoms with Crippen molar-refractivity contribution in [3.8, 4) is 0 Å². The van der Waals surface area contributed by atoms with E-state index in [0.29, 0.717) is 13.2 Å². The molecular weight excluding hydrogens is 174 g/mol. The first kappa shape index (κ1) is 8.18. The molecule has 70 valence electrons. The normalized spacial score (nSPS) is 22.0. The predicted molar refractivity (Wildman–Crippen MR) is 41.5 cm³/mol. The lowest BCUT2D eigenvalue weighted by molar-refractivity contribution is 0.0690. The van der Waals surface area contributed by atoms with E-state index in [1.165, 1.54) is 6.20 Å². The first-order valence-electron chi connectivity index (χ1n) is 4.00. The van der Waals surface area contributed by atoms with Gasteiger partial charge in [-0.25, -0.2) is 9.48 Å². The number of carboxylic acids is 1. The number of ether oxygens (including phenoxy) is 1. The summed E-state index contributed by atoms with van der Waals surface area (Å²) >= 11 is 0. The van der Waals surface area contributed by atoms with Crippen LogP contribution in [-0.2, 0) is 4.74 Å². The van der Waals surface area contributed by atoms with Crippen LogP contribution >= 0.6 is 0 Å². The van der Waals surface area contributed by atoms with Gasteiger partial charge >= 0.3 is 5.97 Å². The van der Waals surface area contributed by atoms with Crippen molar-refractivity contribution < 1.29 is 14.6 Å². The summed E-state index contributed by atoms with van der Waals surface area (Å²) in [5.74, 6) is -1.05. The van der Waals surface area contributed by atoms with Crippen LogP contribution in [0.4, 0.5) is 0 Å². The minimum atomic E-state index is -1.05. The van der Waals surface area contributed by atoms with Gasteiger partial charge < -0.3 is 9.84 Å². The molecule has 1 N–H and O–H groups in total. The zero-order valence-electron chi connectivity index (χ0n) is 6.88. The van der Waals surface area contributed by atoms with Crippen molar-refractivity contribution in [2.45, 2.75) is 12.5 Å². The molecule has 0 spiro atoms. The Labute approximate surface area is 74.1 Å². The van der Waals surface area contributed by atoms with E-state index in [-0.39, 0.29) is 11.7 Å². The number of aromatic nitrogens is 3. The second-order valence-electron chi connectivity index (χ2n) is 2.91. The first-order chi connectivity index (χ1) is 6.27. The van der Waals surface area contributed by atoms with Crippen LogP contribution in [-0.4, -0.2) is 39.3 Å². The Morgan fingerprint density at radius 3 is 3.15 bits per heavy atom. The van der Waals surface area contributed by atoms with Gasteiger partial charge in [-0.1, -0.05) is 5.21 Å². The number of rotatable bonds is 2. The standard InChI is InChI=1S/C7H9N3O3/c11-7(12)6-3-10(9-8-6)5-1-2-13-4-5/h3,5H,1-2,4H2,(H,11,12). The van der Waals surface area contributed by atoms with E-state index in [0.717, 1.165) is 6.42 Å². The topological polar surface area (TPSA) is 77.2 Å². The lowest BCUT2D eigenvalue weighted by Gasteiger charge is -2.04. The van der Waals surface area contributed by atoms with Crippen LogP contribution in [0.15, 0.2) is 6.20 Å². The quantitative estimate of drug-likeness (QED) is 0.694. The molecule has 1 aromatic rings. The molecule has 6 nitrogen and oxygen atoms in total. The summed E-state index contributed by atoms with van der Waals surface area (Å²) in [6.45, 7) is 1.29. The highest BCUT2D eigenvalue weighted by Crippen LogP contribution is 2.17. The van der Waals surface area contributed by atoms with Crippen LogP contribution < -0.4 is 0 Å². The molecule has 1 aromatic heterocycles. The molecule has 0 radical (unpaired) electrons. The predicted octanol–water partition coefficient (Wildman–Crippen LogP) is -0.0623. The van der Waals surface area contributed by atoms with E-state index < -0.39 is 5.97 Å². The Balaban J connectivity index is 2.16. The van der Waals surface area contributed by atoms with Gasteiger partial charge in [0.15, 0.2) is 5.69 Å². The van der Waals surface area contributed by atoms with Gasteiger partial charge in [-0.2, -0.15) is 0 Å². The Morgan fingerprint density at radius 2 is 2.62 bits per heavy atom. The molecule has 6 heteroatoms. The minimum Gasteiger partial charge on any atom is -0.476 e. The monoisotopic (exact) mass is 183 g/mol. The Hall–Kier alpha value is -1.43. The zero-order valence-corrected chi connectivity index (χ0v) is 6.88. The smallest absolute Gasteiger partial charge is 0.358 e. The van der Waals surface area contributed by atoms with Gasteiger partial charge in [0.2, 0.25) is 0 Å². The number of hydrogen-bond acceptors (Lipinski definition) is 4. The van der Waals surface area contributed by atoms with Crippen molar-refractivity contribution >= 4 is 5.97 Å². The average Bonchev–Trinajstić information content (AvgIpc) is 2.75. The van der Waals surface area contributed by atoms with Crippen molar-refractivity contribution in [3.05, 3.63) is 11.9 Å². The van der Waals surface area contributed by atoms with Gasteiger partial charge in [0.05, 0.1) is 18.8 Å². The zero-order chi connectivity index (χ0) is 9.26. The van der Waals surface area contributed by atoms with E-state index in [4.69, 9.17) is 9.84 Å². The average molecular weight is 183 g/mol. The maximum Gasteiger partial charge on any atom is 0.358 e. The van der Waals surface area contributed by atoms with Gasteiger partial charge in [0, 0.05) is 6.61 Å². The van der Waals surface area contributed by atoms with Crippen molar-refractivity contribution in [1.82, 2.24) is 15.0 Å². The second kappa shape index (κ2) is 3.14. The molecule has 1 aliphatic rings.